The Morgan fingerprint density at radius 2 is 2.16 bits per heavy atom. The first-order chi connectivity index (χ1) is 12.1. The summed E-state index contributed by atoms with van der Waals surface area (Å²) in [5, 5.41) is 12.1. The Morgan fingerprint density at radius 1 is 1.36 bits per heavy atom. The van der Waals surface area contributed by atoms with Gasteiger partial charge in [-0.05, 0) is 18.2 Å². The first kappa shape index (κ1) is 18.4. The third-order valence-electron chi connectivity index (χ3n) is 3.83. The zero-order valence-electron chi connectivity index (χ0n) is 13.9. The molecular formula is C16H20BrN5O2S. The zero-order chi connectivity index (χ0) is 17.6. The smallest absolute Gasteiger partial charge is 0.234 e. The number of rotatable bonds is 6. The fourth-order valence-electron chi connectivity index (χ4n) is 2.46. The second kappa shape index (κ2) is 8.79. The Hall–Kier alpha value is -1.42. The molecule has 7 nitrogen and oxygen atoms in total. The number of morpholine rings is 1. The maximum atomic E-state index is 12.1. The van der Waals surface area contributed by atoms with Crippen molar-refractivity contribution in [2.24, 2.45) is 7.05 Å². The molecule has 0 radical (unpaired) electrons. The van der Waals surface area contributed by atoms with Crippen LogP contribution in [0.25, 0.3) is 0 Å². The molecule has 25 heavy (non-hydrogen) atoms. The van der Waals surface area contributed by atoms with E-state index in [2.05, 4.69) is 36.3 Å². The molecule has 1 aromatic heterocycles. The van der Waals surface area contributed by atoms with Crippen LogP contribution in [-0.4, -0.2) is 57.6 Å². The van der Waals surface area contributed by atoms with E-state index in [1.807, 2.05) is 35.9 Å². The Kier molecular flexibility index (Phi) is 6.46. The van der Waals surface area contributed by atoms with Gasteiger partial charge in [-0.3, -0.25) is 9.69 Å². The summed E-state index contributed by atoms with van der Waals surface area (Å²) >= 11 is 4.77. The van der Waals surface area contributed by atoms with Crippen LogP contribution in [0.15, 0.2) is 33.9 Å². The van der Waals surface area contributed by atoms with Crippen LogP contribution in [0.4, 0.5) is 5.69 Å². The number of anilines is 1. The van der Waals surface area contributed by atoms with Gasteiger partial charge in [0.05, 0.1) is 25.5 Å². The second-order valence-corrected chi connectivity index (χ2v) is 7.55. The summed E-state index contributed by atoms with van der Waals surface area (Å²) in [6.45, 7) is 4.08. The van der Waals surface area contributed by atoms with Crippen molar-refractivity contribution in [3.05, 3.63) is 34.6 Å². The van der Waals surface area contributed by atoms with Crippen molar-refractivity contribution in [2.75, 3.05) is 37.4 Å². The fourth-order valence-corrected chi connectivity index (χ4v) is 3.59. The van der Waals surface area contributed by atoms with Crippen molar-refractivity contribution in [2.45, 2.75) is 11.7 Å². The molecule has 1 aliphatic rings. The minimum atomic E-state index is -0.0687. The number of benzene rings is 1. The molecule has 1 fully saturated rings. The highest BCUT2D eigenvalue weighted by Crippen LogP contribution is 2.19. The monoisotopic (exact) mass is 425 g/mol. The van der Waals surface area contributed by atoms with E-state index in [0.29, 0.717) is 0 Å². The molecular weight excluding hydrogens is 406 g/mol. The lowest BCUT2D eigenvalue weighted by atomic mass is 10.3. The molecule has 1 amide bonds. The van der Waals surface area contributed by atoms with Gasteiger partial charge < -0.3 is 14.6 Å². The predicted molar refractivity (Wildman–Crippen MR) is 101 cm³/mol. The van der Waals surface area contributed by atoms with Gasteiger partial charge in [-0.1, -0.05) is 33.8 Å². The Bertz CT molecular complexity index is 733. The van der Waals surface area contributed by atoms with Crippen molar-refractivity contribution in [3.8, 4) is 0 Å². The third-order valence-corrected chi connectivity index (χ3v) is 5.35. The number of carbonyl (C=O) groups excluding carboxylic acids is 1. The average Bonchev–Trinajstić information content (AvgIpc) is 2.94. The third kappa shape index (κ3) is 5.27. The van der Waals surface area contributed by atoms with Gasteiger partial charge in [0.25, 0.3) is 0 Å². The van der Waals surface area contributed by atoms with E-state index in [1.165, 1.54) is 11.8 Å². The Morgan fingerprint density at radius 3 is 2.92 bits per heavy atom. The maximum absolute atomic E-state index is 12.1. The van der Waals surface area contributed by atoms with Gasteiger partial charge in [-0.2, -0.15) is 0 Å². The summed E-state index contributed by atoms with van der Waals surface area (Å²) in [7, 11) is 1.93. The number of thioether (sulfide) groups is 1. The molecule has 0 saturated carbocycles. The number of ether oxygens (including phenoxy) is 1. The van der Waals surface area contributed by atoms with E-state index in [-0.39, 0.29) is 11.7 Å². The van der Waals surface area contributed by atoms with Gasteiger partial charge >= 0.3 is 0 Å². The van der Waals surface area contributed by atoms with E-state index in [0.717, 1.165) is 54.0 Å². The molecule has 3 rings (SSSR count). The normalized spacial score (nSPS) is 15.3. The molecule has 1 aromatic carbocycles. The van der Waals surface area contributed by atoms with Crippen LogP contribution >= 0.6 is 27.7 Å². The van der Waals surface area contributed by atoms with Gasteiger partial charge in [0, 0.05) is 30.3 Å². The minimum Gasteiger partial charge on any atom is -0.379 e. The quantitative estimate of drug-likeness (QED) is 0.714. The molecule has 0 bridgehead atoms. The Labute approximate surface area is 159 Å². The lowest BCUT2D eigenvalue weighted by Crippen LogP contribution is -2.36. The molecule has 1 N–H and O–H groups in total. The molecule has 1 aliphatic heterocycles. The topological polar surface area (TPSA) is 72.3 Å². The molecule has 2 aromatic rings. The number of hydrogen-bond donors (Lipinski definition) is 1. The van der Waals surface area contributed by atoms with Crippen molar-refractivity contribution >= 4 is 39.3 Å². The van der Waals surface area contributed by atoms with Gasteiger partial charge in [0.1, 0.15) is 5.82 Å². The average molecular weight is 426 g/mol. The molecule has 9 heteroatoms. The summed E-state index contributed by atoms with van der Waals surface area (Å²) in [6, 6.07) is 7.52. The first-order valence-electron chi connectivity index (χ1n) is 7.98. The van der Waals surface area contributed by atoms with E-state index >= 15 is 0 Å². The van der Waals surface area contributed by atoms with E-state index in [1.54, 1.807) is 0 Å². The van der Waals surface area contributed by atoms with Crippen molar-refractivity contribution in [1.82, 2.24) is 19.7 Å². The van der Waals surface area contributed by atoms with Gasteiger partial charge in [0.15, 0.2) is 5.16 Å². The maximum Gasteiger partial charge on any atom is 0.234 e. The van der Waals surface area contributed by atoms with Crippen LogP contribution in [0.2, 0.25) is 0 Å². The first-order valence-corrected chi connectivity index (χ1v) is 9.76. The van der Waals surface area contributed by atoms with E-state index < -0.39 is 0 Å². The van der Waals surface area contributed by atoms with E-state index in [4.69, 9.17) is 4.74 Å². The lowest BCUT2D eigenvalue weighted by Gasteiger charge is -2.25. The summed E-state index contributed by atoms with van der Waals surface area (Å²) in [5.74, 6) is 1.12. The molecule has 2 heterocycles. The standard InChI is InChI=1S/C16H20BrN5O2S/c1-21-14(10-22-5-7-24-8-6-22)19-20-16(21)25-11-15(23)18-13-4-2-3-12(17)9-13/h2-4,9H,5-8,10-11H2,1H3,(H,18,23). The highest BCUT2D eigenvalue weighted by Gasteiger charge is 2.16. The van der Waals surface area contributed by atoms with Crippen LogP contribution in [-0.2, 0) is 23.1 Å². The second-order valence-electron chi connectivity index (χ2n) is 5.69. The SMILES string of the molecule is Cn1c(CN2CCOCC2)nnc1SCC(=O)Nc1cccc(Br)c1. The van der Waals surface area contributed by atoms with Crippen LogP contribution < -0.4 is 5.32 Å². The number of hydrogen-bond acceptors (Lipinski definition) is 6. The van der Waals surface area contributed by atoms with Crippen LogP contribution in [0.5, 0.6) is 0 Å². The number of halogens is 1. The number of aromatic nitrogens is 3. The van der Waals surface area contributed by atoms with Gasteiger partial charge in [-0.15, -0.1) is 10.2 Å². The molecule has 0 atom stereocenters. The summed E-state index contributed by atoms with van der Waals surface area (Å²) < 4.78 is 8.24. The van der Waals surface area contributed by atoms with Crippen molar-refractivity contribution in [3.63, 3.8) is 0 Å². The highest BCUT2D eigenvalue weighted by atomic mass is 79.9. The molecule has 1 saturated heterocycles. The highest BCUT2D eigenvalue weighted by molar-refractivity contribution is 9.10. The number of carbonyl (C=O) groups is 1. The summed E-state index contributed by atoms with van der Waals surface area (Å²) in [6.07, 6.45) is 0. The van der Waals surface area contributed by atoms with E-state index in [9.17, 15) is 4.79 Å². The summed E-state index contributed by atoms with van der Waals surface area (Å²) in [4.78, 5) is 14.4. The Balaban J connectivity index is 1.52. The summed E-state index contributed by atoms with van der Waals surface area (Å²) in [5.41, 5.74) is 0.769. The van der Waals surface area contributed by atoms with Crippen LogP contribution in [0.3, 0.4) is 0 Å². The number of nitrogens with zero attached hydrogens (tertiary/aromatic N) is 4. The largest absolute Gasteiger partial charge is 0.379 e. The molecule has 134 valence electrons. The van der Waals surface area contributed by atoms with Gasteiger partial charge in [-0.25, -0.2) is 0 Å². The number of nitrogens with one attached hydrogen (secondary N) is 1. The van der Waals surface area contributed by atoms with Crippen LogP contribution in [0.1, 0.15) is 5.82 Å². The minimum absolute atomic E-state index is 0.0687. The zero-order valence-corrected chi connectivity index (χ0v) is 16.3. The van der Waals surface area contributed by atoms with Gasteiger partial charge in [0.2, 0.25) is 5.91 Å². The van der Waals surface area contributed by atoms with Crippen molar-refractivity contribution < 1.29 is 9.53 Å². The molecule has 0 aliphatic carbocycles. The molecule has 0 unspecified atom stereocenters. The van der Waals surface area contributed by atoms with Crippen molar-refractivity contribution in [1.29, 1.82) is 0 Å². The van der Waals surface area contributed by atoms with Crippen LogP contribution in [0, 0.1) is 0 Å². The number of amides is 1. The predicted octanol–water partition coefficient (Wildman–Crippen LogP) is 2.14. The molecule has 0 spiro atoms. The lowest BCUT2D eigenvalue weighted by molar-refractivity contribution is -0.113. The fraction of sp³-hybridized carbons (Fsp3) is 0.438.